The number of nitrogen functional groups attached to an aromatic ring is 1. The van der Waals surface area contributed by atoms with E-state index in [2.05, 4.69) is 4.98 Å². The second-order valence-corrected chi connectivity index (χ2v) is 5.98. The summed E-state index contributed by atoms with van der Waals surface area (Å²) in [6, 6.07) is 10.6. The van der Waals surface area contributed by atoms with Gasteiger partial charge in [0.25, 0.3) is 11.8 Å². The van der Waals surface area contributed by atoms with E-state index >= 15 is 0 Å². The number of aromatic nitrogens is 1. The fourth-order valence-electron chi connectivity index (χ4n) is 3.35. The van der Waals surface area contributed by atoms with Crippen molar-refractivity contribution in [2.45, 2.75) is 6.42 Å². The highest BCUT2D eigenvalue weighted by atomic mass is 16.5. The van der Waals surface area contributed by atoms with Crippen LogP contribution in [0.2, 0.25) is 0 Å². The molecular weight excluding hydrogens is 318 g/mol. The minimum atomic E-state index is -0.244. The van der Waals surface area contributed by atoms with Gasteiger partial charge >= 0.3 is 0 Å². The molecule has 0 atom stereocenters. The Balaban J connectivity index is 1.62. The molecule has 1 aliphatic heterocycles. The molecule has 6 nitrogen and oxygen atoms in total. The molecule has 25 heavy (non-hydrogen) atoms. The highest BCUT2D eigenvalue weighted by molar-refractivity contribution is 6.21. The maximum absolute atomic E-state index is 12.5. The molecule has 0 fully saturated rings. The number of benzene rings is 2. The van der Waals surface area contributed by atoms with Crippen LogP contribution >= 0.6 is 0 Å². The Morgan fingerprint density at radius 1 is 1.08 bits per heavy atom. The van der Waals surface area contributed by atoms with Gasteiger partial charge in [-0.3, -0.25) is 14.5 Å². The number of carbonyl (C=O) groups is 2. The zero-order valence-corrected chi connectivity index (χ0v) is 13.7. The first-order valence-corrected chi connectivity index (χ1v) is 7.99. The molecule has 2 amide bonds. The first kappa shape index (κ1) is 15.3. The lowest BCUT2D eigenvalue weighted by atomic mass is 10.1. The second kappa shape index (κ2) is 5.66. The minimum Gasteiger partial charge on any atom is -0.495 e. The monoisotopic (exact) mass is 335 g/mol. The Kier molecular flexibility index (Phi) is 3.46. The van der Waals surface area contributed by atoms with Crippen LogP contribution in [0, 0.1) is 0 Å². The summed E-state index contributed by atoms with van der Waals surface area (Å²) in [5.74, 6) is 0.117. The van der Waals surface area contributed by atoms with Crippen molar-refractivity contribution in [3.05, 3.63) is 59.3 Å². The van der Waals surface area contributed by atoms with E-state index in [4.69, 9.17) is 10.5 Å². The largest absolute Gasteiger partial charge is 0.495 e. The molecule has 3 aromatic rings. The van der Waals surface area contributed by atoms with E-state index in [1.54, 1.807) is 31.4 Å². The van der Waals surface area contributed by atoms with Crippen molar-refractivity contribution in [2.24, 2.45) is 0 Å². The van der Waals surface area contributed by atoms with Crippen molar-refractivity contribution in [1.82, 2.24) is 9.88 Å². The third-order valence-electron chi connectivity index (χ3n) is 4.63. The number of hydrogen-bond acceptors (Lipinski definition) is 4. The molecule has 0 saturated carbocycles. The van der Waals surface area contributed by atoms with E-state index in [0.717, 1.165) is 16.5 Å². The highest BCUT2D eigenvalue weighted by Crippen LogP contribution is 2.33. The molecule has 0 bridgehead atoms. The average Bonchev–Trinajstić information content (AvgIpc) is 3.15. The van der Waals surface area contributed by atoms with Crippen molar-refractivity contribution < 1.29 is 14.3 Å². The molecule has 4 rings (SSSR count). The van der Waals surface area contributed by atoms with Gasteiger partial charge in [-0.05, 0) is 36.2 Å². The SMILES string of the molecule is COc1ccc2[nH]cc(CCN3C(=O)c4ccccc4C3=O)c2c1N. The average molecular weight is 335 g/mol. The first-order chi connectivity index (χ1) is 12.1. The fraction of sp³-hybridized carbons (Fsp3) is 0.158. The van der Waals surface area contributed by atoms with Crippen molar-refractivity contribution in [3.63, 3.8) is 0 Å². The third-order valence-corrected chi connectivity index (χ3v) is 4.63. The molecule has 2 heterocycles. The molecule has 2 aromatic carbocycles. The molecule has 0 saturated heterocycles. The lowest BCUT2D eigenvalue weighted by molar-refractivity contribution is 0.0656. The minimum absolute atomic E-state index is 0.244. The number of carbonyl (C=O) groups excluding carboxylic acids is 2. The van der Waals surface area contributed by atoms with Crippen LogP contribution < -0.4 is 10.5 Å². The van der Waals surface area contributed by atoms with Crippen LogP contribution in [0.4, 0.5) is 5.69 Å². The summed E-state index contributed by atoms with van der Waals surface area (Å²) in [7, 11) is 1.57. The Labute approximate surface area is 144 Å². The van der Waals surface area contributed by atoms with E-state index in [0.29, 0.717) is 35.5 Å². The van der Waals surface area contributed by atoms with Crippen LogP contribution in [0.3, 0.4) is 0 Å². The van der Waals surface area contributed by atoms with E-state index in [1.165, 1.54) is 4.90 Å². The molecule has 0 aliphatic carbocycles. The Bertz CT molecular complexity index is 971. The zero-order chi connectivity index (χ0) is 17.6. The lowest BCUT2D eigenvalue weighted by Crippen LogP contribution is -2.31. The van der Waals surface area contributed by atoms with Gasteiger partial charge < -0.3 is 15.5 Å². The number of fused-ring (bicyclic) bond motifs is 2. The number of nitrogens with two attached hydrogens (primary N) is 1. The molecule has 3 N–H and O–H groups in total. The van der Waals surface area contributed by atoms with Crippen LogP contribution in [0.1, 0.15) is 26.3 Å². The Hall–Kier alpha value is -3.28. The normalized spacial score (nSPS) is 13.6. The summed E-state index contributed by atoms with van der Waals surface area (Å²) < 4.78 is 5.27. The van der Waals surface area contributed by atoms with E-state index in [9.17, 15) is 9.59 Å². The van der Waals surface area contributed by atoms with Crippen LogP contribution in [-0.4, -0.2) is 35.4 Å². The van der Waals surface area contributed by atoms with Gasteiger partial charge in [-0.15, -0.1) is 0 Å². The van der Waals surface area contributed by atoms with Crippen molar-refractivity contribution >= 4 is 28.4 Å². The number of nitrogens with one attached hydrogen (secondary N) is 1. The number of ether oxygens (including phenoxy) is 1. The number of nitrogens with zero attached hydrogens (tertiary/aromatic N) is 1. The molecule has 0 spiro atoms. The topological polar surface area (TPSA) is 88.4 Å². The Morgan fingerprint density at radius 2 is 1.76 bits per heavy atom. The Morgan fingerprint density at radius 3 is 2.40 bits per heavy atom. The van der Waals surface area contributed by atoms with Gasteiger partial charge in [0, 0.05) is 23.6 Å². The number of anilines is 1. The number of rotatable bonds is 4. The number of methoxy groups -OCH3 is 1. The van der Waals surface area contributed by atoms with Crippen molar-refractivity contribution in [3.8, 4) is 5.75 Å². The fourth-order valence-corrected chi connectivity index (χ4v) is 3.35. The van der Waals surface area contributed by atoms with Gasteiger partial charge in [0.2, 0.25) is 0 Å². The quantitative estimate of drug-likeness (QED) is 0.566. The van der Waals surface area contributed by atoms with Crippen LogP contribution in [0.5, 0.6) is 5.75 Å². The summed E-state index contributed by atoms with van der Waals surface area (Å²) in [4.78, 5) is 29.4. The predicted molar refractivity (Wildman–Crippen MR) is 94.8 cm³/mol. The number of aromatic amines is 1. The smallest absolute Gasteiger partial charge is 0.261 e. The van der Waals surface area contributed by atoms with Gasteiger partial charge in [-0.25, -0.2) is 0 Å². The summed E-state index contributed by atoms with van der Waals surface area (Å²) in [6.07, 6.45) is 2.38. The summed E-state index contributed by atoms with van der Waals surface area (Å²) in [5.41, 5.74) is 9.52. The molecule has 1 aromatic heterocycles. The van der Waals surface area contributed by atoms with Crippen molar-refractivity contribution in [2.75, 3.05) is 19.4 Å². The number of amides is 2. The molecule has 6 heteroatoms. The molecule has 0 unspecified atom stereocenters. The van der Waals surface area contributed by atoms with Gasteiger partial charge in [-0.1, -0.05) is 12.1 Å². The molecule has 126 valence electrons. The molecule has 0 radical (unpaired) electrons. The number of hydrogen-bond donors (Lipinski definition) is 2. The maximum atomic E-state index is 12.5. The standard InChI is InChI=1S/C19H17N3O3/c1-25-15-7-6-14-16(17(15)20)11(10-21-14)8-9-22-18(23)12-4-2-3-5-13(12)19(22)24/h2-7,10,21H,8-9,20H2,1H3. The summed E-state index contributed by atoms with van der Waals surface area (Å²) >= 11 is 0. The first-order valence-electron chi connectivity index (χ1n) is 7.99. The van der Waals surface area contributed by atoms with Gasteiger partial charge in [0.15, 0.2) is 0 Å². The van der Waals surface area contributed by atoms with E-state index < -0.39 is 0 Å². The summed E-state index contributed by atoms with van der Waals surface area (Å²) in [6.45, 7) is 0.302. The van der Waals surface area contributed by atoms with Crippen LogP contribution in [0.15, 0.2) is 42.6 Å². The molecule has 1 aliphatic rings. The van der Waals surface area contributed by atoms with Gasteiger partial charge in [0.05, 0.1) is 23.9 Å². The predicted octanol–water partition coefficient (Wildman–Crippen LogP) is 2.60. The molecular formula is C19H17N3O3. The van der Waals surface area contributed by atoms with Crippen LogP contribution in [0.25, 0.3) is 10.9 Å². The zero-order valence-electron chi connectivity index (χ0n) is 13.7. The van der Waals surface area contributed by atoms with Gasteiger partial charge in [0.1, 0.15) is 5.75 Å². The van der Waals surface area contributed by atoms with Crippen LogP contribution in [-0.2, 0) is 6.42 Å². The lowest BCUT2D eigenvalue weighted by Gasteiger charge is -2.14. The number of H-pyrrole nitrogens is 1. The number of imide groups is 1. The van der Waals surface area contributed by atoms with E-state index in [-0.39, 0.29) is 11.8 Å². The highest BCUT2D eigenvalue weighted by Gasteiger charge is 2.34. The van der Waals surface area contributed by atoms with Gasteiger partial charge in [-0.2, -0.15) is 0 Å². The summed E-state index contributed by atoms with van der Waals surface area (Å²) in [5, 5.41) is 0.871. The second-order valence-electron chi connectivity index (χ2n) is 5.98. The van der Waals surface area contributed by atoms with Crippen molar-refractivity contribution in [1.29, 1.82) is 0 Å². The van der Waals surface area contributed by atoms with E-state index in [1.807, 2.05) is 18.3 Å². The third kappa shape index (κ3) is 2.26. The maximum Gasteiger partial charge on any atom is 0.261 e.